The van der Waals surface area contributed by atoms with Crippen LogP contribution in [0.2, 0.25) is 0 Å². The second kappa shape index (κ2) is 6.36. The van der Waals surface area contributed by atoms with Crippen LogP contribution >= 0.6 is 11.3 Å². The van der Waals surface area contributed by atoms with Crippen LogP contribution in [0.4, 0.5) is 5.13 Å². The molecule has 1 N–H and O–H groups in total. The molecule has 96 valence electrons. The van der Waals surface area contributed by atoms with Gasteiger partial charge in [0.15, 0.2) is 5.13 Å². The highest BCUT2D eigenvalue weighted by molar-refractivity contribution is 7.15. The molecule has 17 heavy (non-hydrogen) atoms. The maximum absolute atomic E-state index is 4.55. The highest BCUT2D eigenvalue weighted by Crippen LogP contribution is 2.29. The molecule has 0 saturated carbocycles. The maximum atomic E-state index is 4.55. The van der Waals surface area contributed by atoms with Crippen molar-refractivity contribution >= 4 is 16.5 Å². The molecule has 4 heteroatoms. The monoisotopic (exact) mass is 253 g/mol. The van der Waals surface area contributed by atoms with E-state index in [9.17, 15) is 0 Å². The Hall–Kier alpha value is -0.610. The van der Waals surface area contributed by atoms with Gasteiger partial charge in [0.1, 0.15) is 0 Å². The highest BCUT2D eigenvalue weighted by Gasteiger charge is 2.23. The summed E-state index contributed by atoms with van der Waals surface area (Å²) in [4.78, 5) is 8.36. The quantitative estimate of drug-likeness (QED) is 0.845. The molecular weight excluding hydrogens is 230 g/mol. The second-order valence-electron chi connectivity index (χ2n) is 4.78. The van der Waals surface area contributed by atoms with Crippen LogP contribution in [-0.2, 0) is 6.54 Å². The molecule has 1 fully saturated rings. The number of nitrogens with zero attached hydrogens (tertiary/aromatic N) is 2. The molecule has 1 aromatic heterocycles. The summed E-state index contributed by atoms with van der Waals surface area (Å²) in [6.45, 7) is 8.80. The van der Waals surface area contributed by atoms with E-state index in [1.165, 1.54) is 42.4 Å². The number of hydrogen-bond donors (Lipinski definition) is 1. The Morgan fingerprint density at radius 1 is 1.53 bits per heavy atom. The summed E-state index contributed by atoms with van der Waals surface area (Å²) in [6, 6.07) is 0. The van der Waals surface area contributed by atoms with Gasteiger partial charge in [-0.1, -0.05) is 20.3 Å². The van der Waals surface area contributed by atoms with Crippen LogP contribution < -0.4 is 10.2 Å². The standard InChI is InChI=1S/C13H23N3S/c1-3-5-11-6-7-16(10-11)13-15-9-12(17-13)8-14-4-2/h9,11,14H,3-8,10H2,1-2H3. The summed E-state index contributed by atoms with van der Waals surface area (Å²) >= 11 is 1.84. The zero-order valence-corrected chi connectivity index (χ0v) is 11.7. The molecule has 1 saturated heterocycles. The minimum absolute atomic E-state index is 0.890. The number of rotatable bonds is 6. The number of hydrogen-bond acceptors (Lipinski definition) is 4. The zero-order valence-electron chi connectivity index (χ0n) is 10.9. The average molecular weight is 253 g/mol. The van der Waals surface area contributed by atoms with Crippen LogP contribution in [0.25, 0.3) is 0 Å². The van der Waals surface area contributed by atoms with Crippen LogP contribution in [0.5, 0.6) is 0 Å². The van der Waals surface area contributed by atoms with Crippen molar-refractivity contribution in [3.8, 4) is 0 Å². The lowest BCUT2D eigenvalue weighted by Gasteiger charge is -2.14. The molecule has 2 rings (SSSR count). The topological polar surface area (TPSA) is 28.2 Å². The van der Waals surface area contributed by atoms with Gasteiger partial charge in [-0.05, 0) is 25.3 Å². The summed E-state index contributed by atoms with van der Waals surface area (Å²) in [7, 11) is 0. The van der Waals surface area contributed by atoms with E-state index in [-0.39, 0.29) is 0 Å². The Morgan fingerprint density at radius 3 is 3.18 bits per heavy atom. The molecule has 0 aromatic carbocycles. The van der Waals surface area contributed by atoms with E-state index >= 15 is 0 Å². The predicted molar refractivity (Wildman–Crippen MR) is 74.7 cm³/mol. The van der Waals surface area contributed by atoms with Crippen molar-refractivity contribution in [3.05, 3.63) is 11.1 Å². The third kappa shape index (κ3) is 3.42. The largest absolute Gasteiger partial charge is 0.348 e. The number of thiazole rings is 1. The van der Waals surface area contributed by atoms with Gasteiger partial charge in [-0.3, -0.25) is 0 Å². The normalized spacial score (nSPS) is 20.1. The Bertz CT molecular complexity index is 337. The molecule has 0 amide bonds. The zero-order chi connectivity index (χ0) is 12.1. The van der Waals surface area contributed by atoms with Crippen LogP contribution in [0.1, 0.15) is 38.0 Å². The molecule has 1 unspecified atom stereocenters. The summed E-state index contributed by atoms with van der Waals surface area (Å²) in [5.41, 5.74) is 0. The lowest BCUT2D eigenvalue weighted by molar-refractivity contribution is 0.530. The van der Waals surface area contributed by atoms with Gasteiger partial charge in [-0.15, -0.1) is 11.3 Å². The Labute approximate surface area is 108 Å². The fourth-order valence-electron chi connectivity index (χ4n) is 2.42. The minimum Gasteiger partial charge on any atom is -0.348 e. The van der Waals surface area contributed by atoms with E-state index < -0.39 is 0 Å². The lowest BCUT2D eigenvalue weighted by Crippen LogP contribution is -2.19. The summed E-state index contributed by atoms with van der Waals surface area (Å²) < 4.78 is 0. The van der Waals surface area contributed by atoms with Gasteiger partial charge in [0.05, 0.1) is 0 Å². The summed E-state index contributed by atoms with van der Waals surface area (Å²) in [5.74, 6) is 0.890. The number of nitrogens with one attached hydrogen (secondary N) is 1. The van der Waals surface area contributed by atoms with Crippen molar-refractivity contribution in [2.45, 2.75) is 39.7 Å². The van der Waals surface area contributed by atoms with Gasteiger partial charge in [-0.2, -0.15) is 0 Å². The van der Waals surface area contributed by atoms with Crippen molar-refractivity contribution < 1.29 is 0 Å². The molecule has 1 aromatic rings. The average Bonchev–Trinajstić information content (AvgIpc) is 2.95. The van der Waals surface area contributed by atoms with E-state index in [2.05, 4.69) is 29.0 Å². The first kappa shape index (κ1) is 12.8. The first-order valence-corrected chi connectivity index (χ1v) is 7.55. The van der Waals surface area contributed by atoms with Gasteiger partial charge in [0.2, 0.25) is 0 Å². The third-order valence-electron chi connectivity index (χ3n) is 3.34. The lowest BCUT2D eigenvalue weighted by atomic mass is 10.0. The minimum atomic E-state index is 0.890. The SMILES string of the molecule is CCCC1CCN(c2ncc(CNCC)s2)C1. The van der Waals surface area contributed by atoms with Crippen LogP contribution in [0, 0.1) is 5.92 Å². The van der Waals surface area contributed by atoms with Crippen LogP contribution in [0.3, 0.4) is 0 Å². The van der Waals surface area contributed by atoms with Crippen molar-refractivity contribution in [1.82, 2.24) is 10.3 Å². The Morgan fingerprint density at radius 2 is 2.41 bits per heavy atom. The Kier molecular flexibility index (Phi) is 4.80. The molecule has 1 atom stereocenters. The van der Waals surface area contributed by atoms with E-state index in [0.29, 0.717) is 0 Å². The fraction of sp³-hybridized carbons (Fsp3) is 0.769. The predicted octanol–water partition coefficient (Wildman–Crippen LogP) is 2.88. The second-order valence-corrected chi connectivity index (χ2v) is 5.87. The fourth-order valence-corrected chi connectivity index (χ4v) is 3.34. The van der Waals surface area contributed by atoms with Crippen molar-refractivity contribution in [2.24, 2.45) is 5.92 Å². The molecule has 0 aliphatic carbocycles. The van der Waals surface area contributed by atoms with Gasteiger partial charge in [0, 0.05) is 30.7 Å². The van der Waals surface area contributed by atoms with E-state index in [1.54, 1.807) is 0 Å². The summed E-state index contributed by atoms with van der Waals surface area (Å²) in [5, 5.41) is 4.57. The smallest absolute Gasteiger partial charge is 0.185 e. The molecular formula is C13H23N3S. The van der Waals surface area contributed by atoms with Crippen LogP contribution in [0.15, 0.2) is 6.20 Å². The molecule has 0 radical (unpaired) electrons. The Balaban J connectivity index is 1.88. The molecule has 0 spiro atoms. The van der Waals surface area contributed by atoms with Crippen molar-refractivity contribution in [2.75, 3.05) is 24.5 Å². The molecule has 3 nitrogen and oxygen atoms in total. The first-order chi connectivity index (χ1) is 8.33. The maximum Gasteiger partial charge on any atom is 0.185 e. The van der Waals surface area contributed by atoms with Crippen molar-refractivity contribution in [1.29, 1.82) is 0 Å². The third-order valence-corrected chi connectivity index (χ3v) is 4.40. The molecule has 1 aliphatic heterocycles. The van der Waals surface area contributed by atoms with Crippen molar-refractivity contribution in [3.63, 3.8) is 0 Å². The van der Waals surface area contributed by atoms with Gasteiger partial charge < -0.3 is 10.2 Å². The van der Waals surface area contributed by atoms with Crippen LogP contribution in [-0.4, -0.2) is 24.6 Å². The van der Waals surface area contributed by atoms with Gasteiger partial charge in [-0.25, -0.2) is 4.98 Å². The van der Waals surface area contributed by atoms with E-state index in [4.69, 9.17) is 0 Å². The molecule has 0 bridgehead atoms. The number of aromatic nitrogens is 1. The van der Waals surface area contributed by atoms with Gasteiger partial charge in [0.25, 0.3) is 0 Å². The van der Waals surface area contributed by atoms with E-state index in [0.717, 1.165) is 19.0 Å². The number of anilines is 1. The molecule has 2 heterocycles. The highest BCUT2D eigenvalue weighted by atomic mass is 32.1. The van der Waals surface area contributed by atoms with Gasteiger partial charge >= 0.3 is 0 Å². The summed E-state index contributed by atoms with van der Waals surface area (Å²) in [6.07, 6.45) is 6.04. The van der Waals surface area contributed by atoms with E-state index in [1.807, 2.05) is 17.5 Å². The first-order valence-electron chi connectivity index (χ1n) is 6.73. The molecule has 1 aliphatic rings.